The summed E-state index contributed by atoms with van der Waals surface area (Å²) in [4.78, 5) is 41.5. The number of aryl methyl sites for hydroxylation is 1. The van der Waals surface area contributed by atoms with Gasteiger partial charge in [-0.3, -0.25) is 19.3 Å². The Bertz CT molecular complexity index is 1090. The van der Waals surface area contributed by atoms with Gasteiger partial charge in [0.1, 0.15) is 5.76 Å². The smallest absolute Gasteiger partial charge is 0.261 e. The first-order valence-electron chi connectivity index (χ1n) is 11.6. The number of rotatable bonds is 9. The fraction of sp³-hybridized carbons (Fsp3) is 0.346. The topological polar surface area (TPSA) is 91.7 Å². The molecule has 2 N–H and O–H groups in total. The van der Waals surface area contributed by atoms with Crippen LogP contribution in [-0.4, -0.2) is 30.3 Å². The first-order valence-corrected chi connectivity index (χ1v) is 12.5. The predicted molar refractivity (Wildman–Crippen MR) is 132 cm³/mol. The number of carbonyl (C=O) groups excluding carboxylic acids is 3. The van der Waals surface area contributed by atoms with E-state index in [1.54, 1.807) is 29.6 Å². The second kappa shape index (κ2) is 11.2. The van der Waals surface area contributed by atoms with E-state index in [0.717, 1.165) is 37.7 Å². The standard InChI is InChI=1S/C26H29N3O4S/c1-2-18-11-13-20(14-12-18)29(23(30)17-27-25(31)22-10-6-16-34-22)24(21-9-5-15-33-21)26(32)28-19-7-3-4-8-19/h5-6,9-16,19,24H,2-4,7-8,17H2,1H3,(H,27,31)(H,28,32)/t24-/m1/s1. The van der Waals surface area contributed by atoms with Gasteiger partial charge in [-0.05, 0) is 60.5 Å². The molecule has 0 bridgehead atoms. The average Bonchev–Trinajstić information content (AvgIpc) is 3.64. The van der Waals surface area contributed by atoms with E-state index in [1.165, 1.54) is 22.5 Å². The SMILES string of the molecule is CCc1ccc(N(C(=O)CNC(=O)c2cccs2)[C@@H](C(=O)NC2CCCC2)c2ccco2)cc1. The molecule has 4 rings (SSSR count). The van der Waals surface area contributed by atoms with Crippen molar-refractivity contribution in [2.24, 2.45) is 0 Å². The lowest BCUT2D eigenvalue weighted by atomic mass is 10.1. The first kappa shape index (κ1) is 23.8. The number of hydrogen-bond acceptors (Lipinski definition) is 5. The first-order chi connectivity index (χ1) is 16.6. The lowest BCUT2D eigenvalue weighted by Gasteiger charge is -2.31. The van der Waals surface area contributed by atoms with Crippen LogP contribution in [0.2, 0.25) is 0 Å². The predicted octanol–water partition coefficient (Wildman–Crippen LogP) is 4.47. The molecule has 0 radical (unpaired) electrons. The van der Waals surface area contributed by atoms with Crippen LogP contribution >= 0.6 is 11.3 Å². The van der Waals surface area contributed by atoms with Gasteiger partial charge in [0.2, 0.25) is 5.91 Å². The van der Waals surface area contributed by atoms with Crippen LogP contribution in [-0.2, 0) is 16.0 Å². The number of furan rings is 1. The molecule has 0 unspecified atom stereocenters. The van der Waals surface area contributed by atoms with Crippen molar-refractivity contribution in [2.45, 2.75) is 51.1 Å². The highest BCUT2D eigenvalue weighted by Gasteiger charge is 2.36. The maximum Gasteiger partial charge on any atom is 0.261 e. The summed E-state index contributed by atoms with van der Waals surface area (Å²) in [5.41, 5.74) is 1.68. The zero-order valence-electron chi connectivity index (χ0n) is 19.2. The van der Waals surface area contributed by atoms with Gasteiger partial charge < -0.3 is 15.1 Å². The summed E-state index contributed by atoms with van der Waals surface area (Å²) in [6, 6.07) is 13.5. The summed E-state index contributed by atoms with van der Waals surface area (Å²) in [5, 5.41) is 7.60. The minimum absolute atomic E-state index is 0.0860. The van der Waals surface area contributed by atoms with Crippen molar-refractivity contribution in [1.29, 1.82) is 0 Å². The number of nitrogens with one attached hydrogen (secondary N) is 2. The van der Waals surface area contributed by atoms with E-state index in [-0.39, 0.29) is 24.4 Å². The van der Waals surface area contributed by atoms with Gasteiger partial charge in [0, 0.05) is 11.7 Å². The third-order valence-electron chi connectivity index (χ3n) is 6.06. The molecule has 178 valence electrons. The fourth-order valence-corrected chi connectivity index (χ4v) is 4.88. The molecule has 2 aromatic heterocycles. The van der Waals surface area contributed by atoms with Crippen molar-refractivity contribution in [2.75, 3.05) is 11.4 Å². The highest BCUT2D eigenvalue weighted by atomic mass is 32.1. The van der Waals surface area contributed by atoms with Gasteiger partial charge in [0.15, 0.2) is 6.04 Å². The van der Waals surface area contributed by atoms with Gasteiger partial charge in [-0.15, -0.1) is 11.3 Å². The highest BCUT2D eigenvalue weighted by Crippen LogP contribution is 2.30. The minimum atomic E-state index is -0.991. The Morgan fingerprint density at radius 1 is 1.09 bits per heavy atom. The molecule has 0 aliphatic heterocycles. The molecule has 1 atom stereocenters. The van der Waals surface area contributed by atoms with E-state index >= 15 is 0 Å². The number of anilines is 1. The number of benzene rings is 1. The largest absolute Gasteiger partial charge is 0.467 e. The van der Waals surface area contributed by atoms with E-state index < -0.39 is 11.9 Å². The summed E-state index contributed by atoms with van der Waals surface area (Å²) in [7, 11) is 0. The number of hydrogen-bond donors (Lipinski definition) is 2. The van der Waals surface area contributed by atoms with Gasteiger partial charge in [-0.2, -0.15) is 0 Å². The zero-order chi connectivity index (χ0) is 23.9. The monoisotopic (exact) mass is 479 g/mol. The minimum Gasteiger partial charge on any atom is -0.467 e. The van der Waals surface area contributed by atoms with Crippen molar-refractivity contribution in [1.82, 2.24) is 10.6 Å². The average molecular weight is 480 g/mol. The quantitative estimate of drug-likeness (QED) is 0.474. The van der Waals surface area contributed by atoms with Crippen LogP contribution in [0, 0.1) is 0 Å². The van der Waals surface area contributed by atoms with Crippen molar-refractivity contribution in [3.05, 3.63) is 76.4 Å². The second-order valence-electron chi connectivity index (χ2n) is 8.35. The van der Waals surface area contributed by atoms with Crippen molar-refractivity contribution < 1.29 is 18.8 Å². The Morgan fingerprint density at radius 3 is 2.47 bits per heavy atom. The number of amides is 3. The van der Waals surface area contributed by atoms with Gasteiger partial charge in [-0.1, -0.05) is 38.0 Å². The van der Waals surface area contributed by atoms with Gasteiger partial charge in [0.25, 0.3) is 11.8 Å². The molecule has 3 aromatic rings. The Morgan fingerprint density at radius 2 is 1.85 bits per heavy atom. The van der Waals surface area contributed by atoms with Crippen LogP contribution in [0.15, 0.2) is 64.6 Å². The Kier molecular flexibility index (Phi) is 7.80. The van der Waals surface area contributed by atoms with Crippen molar-refractivity contribution in [3.8, 4) is 0 Å². The summed E-state index contributed by atoms with van der Waals surface area (Å²) in [6.07, 6.45) is 6.35. The Balaban J connectivity index is 1.63. The molecule has 1 aliphatic rings. The molecule has 1 fully saturated rings. The summed E-state index contributed by atoms with van der Waals surface area (Å²) in [6.45, 7) is 1.80. The molecule has 0 spiro atoms. The van der Waals surface area contributed by atoms with Crippen LogP contribution in [0.1, 0.15) is 59.6 Å². The van der Waals surface area contributed by atoms with Crippen LogP contribution in [0.5, 0.6) is 0 Å². The van der Waals surface area contributed by atoms with Crippen LogP contribution in [0.25, 0.3) is 0 Å². The van der Waals surface area contributed by atoms with Gasteiger partial charge in [0.05, 0.1) is 17.7 Å². The van der Waals surface area contributed by atoms with Crippen LogP contribution in [0.3, 0.4) is 0 Å². The molecule has 1 saturated carbocycles. The molecule has 2 heterocycles. The number of carbonyl (C=O) groups is 3. The van der Waals surface area contributed by atoms with Crippen molar-refractivity contribution >= 4 is 34.7 Å². The lowest BCUT2D eigenvalue weighted by Crippen LogP contribution is -2.49. The summed E-state index contributed by atoms with van der Waals surface area (Å²) < 4.78 is 5.62. The van der Waals surface area contributed by atoms with E-state index in [2.05, 4.69) is 17.6 Å². The molecule has 0 saturated heterocycles. The third kappa shape index (κ3) is 5.56. The number of nitrogens with zero attached hydrogens (tertiary/aromatic N) is 1. The van der Waals surface area contributed by atoms with Crippen LogP contribution < -0.4 is 15.5 Å². The molecule has 8 heteroatoms. The maximum absolute atomic E-state index is 13.5. The molecular formula is C26H29N3O4S. The summed E-state index contributed by atoms with van der Waals surface area (Å²) in [5.74, 6) is -0.654. The normalized spacial score (nSPS) is 14.5. The maximum atomic E-state index is 13.5. The van der Waals surface area contributed by atoms with E-state index in [1.807, 2.05) is 24.3 Å². The molecule has 34 heavy (non-hydrogen) atoms. The fourth-order valence-electron chi connectivity index (χ4n) is 4.24. The summed E-state index contributed by atoms with van der Waals surface area (Å²) >= 11 is 1.30. The third-order valence-corrected chi connectivity index (χ3v) is 6.93. The molecule has 1 aliphatic carbocycles. The van der Waals surface area contributed by atoms with Crippen molar-refractivity contribution in [3.63, 3.8) is 0 Å². The van der Waals surface area contributed by atoms with E-state index in [4.69, 9.17) is 4.42 Å². The van der Waals surface area contributed by atoms with Gasteiger partial charge >= 0.3 is 0 Å². The second-order valence-corrected chi connectivity index (χ2v) is 9.30. The highest BCUT2D eigenvalue weighted by molar-refractivity contribution is 7.12. The Hall–Kier alpha value is -3.39. The molecule has 3 amide bonds. The van der Waals surface area contributed by atoms with E-state index in [0.29, 0.717) is 16.3 Å². The number of thiophene rings is 1. The van der Waals surface area contributed by atoms with Gasteiger partial charge in [-0.25, -0.2) is 0 Å². The lowest BCUT2D eigenvalue weighted by molar-refractivity contribution is -0.127. The van der Waals surface area contributed by atoms with Crippen LogP contribution in [0.4, 0.5) is 5.69 Å². The zero-order valence-corrected chi connectivity index (χ0v) is 20.0. The Labute approximate surface area is 203 Å². The molecular weight excluding hydrogens is 450 g/mol. The van der Waals surface area contributed by atoms with E-state index in [9.17, 15) is 14.4 Å². The molecule has 1 aromatic carbocycles. The molecule has 7 nitrogen and oxygen atoms in total.